The van der Waals surface area contributed by atoms with Gasteiger partial charge in [-0.15, -0.1) is 0 Å². The lowest BCUT2D eigenvalue weighted by Crippen LogP contribution is -3.11. The second-order valence-corrected chi connectivity index (χ2v) is 9.88. The van der Waals surface area contributed by atoms with Crippen LogP contribution in [0.15, 0.2) is 42.0 Å². The minimum absolute atomic E-state index is 0.0680. The summed E-state index contributed by atoms with van der Waals surface area (Å²) in [6, 6.07) is 9.39. The summed E-state index contributed by atoms with van der Waals surface area (Å²) in [6.07, 6.45) is 1.54. The molecule has 0 aromatic heterocycles. The van der Waals surface area contributed by atoms with E-state index in [1.165, 1.54) is 9.80 Å². The zero-order valence-electron chi connectivity index (χ0n) is 23.9. The van der Waals surface area contributed by atoms with Crippen molar-refractivity contribution in [2.45, 2.75) is 46.6 Å². The quantitative estimate of drug-likeness (QED) is 0.231. The number of nitrogens with zero attached hydrogens (tertiary/aromatic N) is 1. The van der Waals surface area contributed by atoms with Crippen LogP contribution in [0.4, 0.5) is 0 Å². The van der Waals surface area contributed by atoms with Gasteiger partial charge in [0.1, 0.15) is 13.2 Å². The highest BCUT2D eigenvalue weighted by Crippen LogP contribution is 2.42. The molecule has 2 aromatic carbocycles. The number of quaternary nitrogens is 1. The lowest BCUT2D eigenvalue weighted by molar-refractivity contribution is -0.896. The SMILES string of the molecule is CCCOc1ccc(C2C(=C([O-])c3ccc4c(c3)OCCO4)C(=O)C(=O)N2CCC[NH+](CC)CC)cc1OCC. The first-order valence-corrected chi connectivity index (χ1v) is 14.3. The fourth-order valence-electron chi connectivity index (χ4n) is 5.18. The maximum Gasteiger partial charge on any atom is 0.295 e. The van der Waals surface area contributed by atoms with Gasteiger partial charge in [-0.3, -0.25) is 9.59 Å². The van der Waals surface area contributed by atoms with Gasteiger partial charge in [0.2, 0.25) is 5.78 Å². The van der Waals surface area contributed by atoms with Crippen LogP contribution in [0, 0.1) is 0 Å². The second-order valence-electron chi connectivity index (χ2n) is 9.88. The number of Topliss-reactive ketones (excluding diaryl/α,β-unsaturated/α-hetero) is 1. The Balaban J connectivity index is 1.78. The topological polar surface area (TPSA) is 102 Å². The number of hydrogen-bond acceptors (Lipinski definition) is 7. The minimum atomic E-state index is -0.841. The van der Waals surface area contributed by atoms with Gasteiger partial charge in [-0.1, -0.05) is 24.8 Å². The average molecular weight is 553 g/mol. The molecule has 0 saturated carbocycles. The standard InChI is InChI=1S/C31H40N2O7/c1-5-16-38-23-12-10-21(19-25(23)37-8-4)28-27(29(34)22-11-13-24-26(20-22)40-18-17-39-24)30(35)31(36)33(28)15-9-14-32(6-2)7-3/h10-13,19-20,28,34H,5-9,14-18H2,1-4H3. The third kappa shape index (κ3) is 6.20. The van der Waals surface area contributed by atoms with E-state index in [1.54, 1.807) is 30.3 Å². The molecule has 9 nitrogen and oxygen atoms in total. The number of carbonyl (C=O) groups is 2. The van der Waals surface area contributed by atoms with Gasteiger partial charge in [-0.25, -0.2) is 0 Å². The average Bonchev–Trinajstić information content (AvgIpc) is 3.23. The molecular formula is C31H40N2O7. The van der Waals surface area contributed by atoms with Crippen LogP contribution in [0.3, 0.4) is 0 Å². The summed E-state index contributed by atoms with van der Waals surface area (Å²) in [4.78, 5) is 29.8. The number of carbonyl (C=O) groups excluding carboxylic acids is 2. The Bertz CT molecular complexity index is 1240. The largest absolute Gasteiger partial charge is 0.872 e. The maximum absolute atomic E-state index is 13.9. The highest BCUT2D eigenvalue weighted by molar-refractivity contribution is 6.46. The van der Waals surface area contributed by atoms with Crippen molar-refractivity contribution < 1.29 is 38.5 Å². The number of rotatable bonds is 13. The molecule has 1 N–H and O–H groups in total. The van der Waals surface area contributed by atoms with Crippen molar-refractivity contribution in [1.82, 2.24) is 4.90 Å². The summed E-state index contributed by atoms with van der Waals surface area (Å²) in [5.41, 5.74) is 0.830. The normalized spacial score (nSPS) is 17.9. The van der Waals surface area contributed by atoms with Gasteiger partial charge in [0.05, 0.1) is 38.9 Å². The van der Waals surface area contributed by atoms with Gasteiger partial charge >= 0.3 is 0 Å². The second kappa shape index (κ2) is 13.6. The van der Waals surface area contributed by atoms with Gasteiger partial charge in [-0.2, -0.15) is 0 Å². The predicted molar refractivity (Wildman–Crippen MR) is 149 cm³/mol. The molecule has 1 saturated heterocycles. The van der Waals surface area contributed by atoms with Crippen molar-refractivity contribution in [3.05, 3.63) is 53.1 Å². The maximum atomic E-state index is 13.9. The first-order chi connectivity index (χ1) is 19.4. The van der Waals surface area contributed by atoms with E-state index in [1.807, 2.05) is 19.9 Å². The first-order valence-electron chi connectivity index (χ1n) is 14.3. The molecule has 40 heavy (non-hydrogen) atoms. The number of hydrogen-bond donors (Lipinski definition) is 1. The van der Waals surface area contributed by atoms with Crippen LogP contribution in [0.2, 0.25) is 0 Å². The molecule has 1 fully saturated rings. The number of benzene rings is 2. The summed E-state index contributed by atoms with van der Waals surface area (Å²) in [5.74, 6) is 0.151. The van der Waals surface area contributed by atoms with Gasteiger partial charge in [-0.05, 0) is 62.6 Å². The van der Waals surface area contributed by atoms with Crippen LogP contribution in [-0.2, 0) is 9.59 Å². The fraction of sp³-hybridized carbons (Fsp3) is 0.484. The van der Waals surface area contributed by atoms with Crippen molar-refractivity contribution in [1.29, 1.82) is 0 Å². The van der Waals surface area contributed by atoms with Crippen LogP contribution in [0.25, 0.3) is 5.76 Å². The number of fused-ring (bicyclic) bond motifs is 1. The van der Waals surface area contributed by atoms with Crippen molar-refractivity contribution in [2.24, 2.45) is 0 Å². The number of ketones is 1. The summed E-state index contributed by atoms with van der Waals surface area (Å²) < 4.78 is 23.0. The lowest BCUT2D eigenvalue weighted by Gasteiger charge is -2.29. The molecule has 1 amide bonds. The predicted octanol–water partition coefficient (Wildman–Crippen LogP) is 2.18. The molecule has 2 aromatic rings. The van der Waals surface area contributed by atoms with E-state index in [-0.39, 0.29) is 11.1 Å². The number of ether oxygens (including phenoxy) is 4. The van der Waals surface area contributed by atoms with Gasteiger partial charge in [0, 0.05) is 18.5 Å². The Hall–Kier alpha value is -3.72. The Kier molecular flexibility index (Phi) is 9.93. The smallest absolute Gasteiger partial charge is 0.295 e. The van der Waals surface area contributed by atoms with Crippen LogP contribution in [0.1, 0.15) is 57.7 Å². The molecule has 1 atom stereocenters. The number of likely N-dealkylation sites (tertiary alicyclic amines) is 1. The Labute approximate surface area is 236 Å². The summed E-state index contributed by atoms with van der Waals surface area (Å²) in [6.45, 7) is 13.1. The molecule has 2 aliphatic heterocycles. The molecule has 1 unspecified atom stereocenters. The molecule has 0 spiro atoms. The molecule has 216 valence electrons. The van der Waals surface area contributed by atoms with E-state index in [9.17, 15) is 14.7 Å². The monoisotopic (exact) mass is 552 g/mol. The van der Waals surface area contributed by atoms with Crippen molar-refractivity contribution in [2.75, 3.05) is 52.6 Å². The highest BCUT2D eigenvalue weighted by Gasteiger charge is 2.44. The Morgan fingerprint density at radius 1 is 0.975 bits per heavy atom. The van der Waals surface area contributed by atoms with Crippen molar-refractivity contribution in [3.8, 4) is 23.0 Å². The molecule has 4 rings (SSSR count). The molecule has 0 radical (unpaired) electrons. The van der Waals surface area contributed by atoms with Gasteiger partial charge in [0.15, 0.2) is 23.0 Å². The minimum Gasteiger partial charge on any atom is -0.872 e. The van der Waals surface area contributed by atoms with E-state index >= 15 is 0 Å². The lowest BCUT2D eigenvalue weighted by atomic mass is 9.94. The van der Waals surface area contributed by atoms with E-state index in [2.05, 4.69) is 13.8 Å². The third-order valence-electron chi connectivity index (χ3n) is 7.31. The highest BCUT2D eigenvalue weighted by atomic mass is 16.6. The first kappa shape index (κ1) is 29.3. The number of nitrogens with one attached hydrogen (secondary N) is 1. The summed E-state index contributed by atoms with van der Waals surface area (Å²) in [7, 11) is 0. The molecule has 0 aliphatic carbocycles. The van der Waals surface area contributed by atoms with Crippen molar-refractivity contribution >= 4 is 17.4 Å². The van der Waals surface area contributed by atoms with Crippen LogP contribution in [-0.4, -0.2) is 69.2 Å². The molecule has 2 aliphatic rings. The number of amides is 1. The van der Waals surface area contributed by atoms with E-state index in [0.29, 0.717) is 68.0 Å². The van der Waals surface area contributed by atoms with Gasteiger partial charge in [0.25, 0.3) is 5.91 Å². The van der Waals surface area contributed by atoms with Crippen LogP contribution in [0.5, 0.6) is 23.0 Å². The molecule has 0 bridgehead atoms. The van der Waals surface area contributed by atoms with Crippen molar-refractivity contribution in [3.63, 3.8) is 0 Å². The Morgan fingerprint density at radius 2 is 1.73 bits per heavy atom. The van der Waals surface area contributed by atoms with E-state index < -0.39 is 23.5 Å². The summed E-state index contributed by atoms with van der Waals surface area (Å²) >= 11 is 0. The Morgan fingerprint density at radius 3 is 2.42 bits per heavy atom. The van der Waals surface area contributed by atoms with E-state index in [4.69, 9.17) is 18.9 Å². The molecular weight excluding hydrogens is 512 g/mol. The zero-order valence-corrected chi connectivity index (χ0v) is 23.9. The van der Waals surface area contributed by atoms with Crippen LogP contribution < -0.4 is 29.0 Å². The molecule has 9 heteroatoms. The van der Waals surface area contributed by atoms with Gasteiger partial charge < -0.3 is 33.9 Å². The van der Waals surface area contributed by atoms with E-state index in [0.717, 1.165) is 26.1 Å². The van der Waals surface area contributed by atoms with Crippen LogP contribution >= 0.6 is 0 Å². The summed E-state index contributed by atoms with van der Waals surface area (Å²) in [5, 5.41) is 13.9. The molecule has 2 heterocycles. The fourth-order valence-corrected chi connectivity index (χ4v) is 5.18. The zero-order chi connectivity index (χ0) is 28.6. The third-order valence-corrected chi connectivity index (χ3v) is 7.31.